The third-order valence-electron chi connectivity index (χ3n) is 2.61. The van der Waals surface area contributed by atoms with Gasteiger partial charge in [-0.1, -0.05) is 58.4 Å². The summed E-state index contributed by atoms with van der Waals surface area (Å²) < 4.78 is 0. The van der Waals surface area contributed by atoms with Gasteiger partial charge in [0.25, 0.3) is 0 Å². The Kier molecular flexibility index (Phi) is 7.11. The number of hydrogen-bond acceptors (Lipinski definition) is 0. The fourth-order valence-electron chi connectivity index (χ4n) is 1.86. The van der Waals surface area contributed by atoms with E-state index in [1.165, 1.54) is 16.7 Å². The number of hydrogen-bond donors (Lipinski definition) is 0. The summed E-state index contributed by atoms with van der Waals surface area (Å²) in [4.78, 5) is 0. The molecule has 15 heavy (non-hydrogen) atoms. The van der Waals surface area contributed by atoms with Gasteiger partial charge in [0.1, 0.15) is 0 Å². The van der Waals surface area contributed by atoms with Gasteiger partial charge in [0.15, 0.2) is 0 Å². The lowest BCUT2D eigenvalue weighted by atomic mass is 9.95. The van der Waals surface area contributed by atoms with Crippen LogP contribution in [0.3, 0.4) is 0 Å². The molecule has 0 fully saturated rings. The van der Waals surface area contributed by atoms with E-state index >= 15 is 0 Å². The quantitative estimate of drug-likeness (QED) is 0.576. The molecule has 0 aromatic heterocycles. The molecule has 0 aliphatic heterocycles. The molecule has 0 atom stereocenters. The minimum Gasteiger partial charge on any atom is -0.0775 e. The molecule has 0 bridgehead atoms. The van der Waals surface area contributed by atoms with Crippen molar-refractivity contribution in [1.82, 2.24) is 0 Å². The van der Waals surface area contributed by atoms with Crippen LogP contribution < -0.4 is 0 Å². The second kappa shape index (κ2) is 7.50. The average Bonchev–Trinajstić information content (AvgIpc) is 2.42. The second-order valence-electron chi connectivity index (χ2n) is 4.01. The minimum atomic E-state index is 0.654. The van der Waals surface area contributed by atoms with Crippen molar-refractivity contribution in [2.75, 3.05) is 0 Å². The summed E-state index contributed by atoms with van der Waals surface area (Å²) in [5, 5.41) is 0. The first-order valence-electron chi connectivity index (χ1n) is 6.23. The zero-order valence-corrected chi connectivity index (χ0v) is 11.2. The molecule has 0 heteroatoms. The third-order valence-corrected chi connectivity index (χ3v) is 2.61. The van der Waals surface area contributed by atoms with Crippen LogP contribution in [0.25, 0.3) is 0 Å². The highest BCUT2D eigenvalue weighted by molar-refractivity contribution is 5.39. The van der Waals surface area contributed by atoms with Gasteiger partial charge in [0.2, 0.25) is 0 Å². The molecule has 0 nitrogen and oxygen atoms in total. The molecule has 0 aromatic rings. The van der Waals surface area contributed by atoms with Crippen LogP contribution in [0.4, 0.5) is 0 Å². The summed E-state index contributed by atoms with van der Waals surface area (Å²) in [5.41, 5.74) is 4.43. The molecule has 0 heterocycles. The molecule has 0 N–H and O–H groups in total. The maximum absolute atomic E-state index is 2.36. The molecule has 0 radical (unpaired) electrons. The van der Waals surface area contributed by atoms with Gasteiger partial charge in [-0.2, -0.15) is 0 Å². The van der Waals surface area contributed by atoms with Crippen molar-refractivity contribution in [2.24, 2.45) is 5.92 Å². The summed E-state index contributed by atoms with van der Waals surface area (Å²) >= 11 is 0. The second-order valence-corrected chi connectivity index (χ2v) is 4.01. The van der Waals surface area contributed by atoms with Crippen LogP contribution in [0.1, 0.15) is 54.4 Å². The van der Waals surface area contributed by atoms with Crippen molar-refractivity contribution >= 4 is 0 Å². The zero-order chi connectivity index (χ0) is 11.8. The van der Waals surface area contributed by atoms with Crippen molar-refractivity contribution in [3.63, 3.8) is 0 Å². The van der Waals surface area contributed by atoms with E-state index in [0.717, 1.165) is 12.8 Å². The fraction of sp³-hybridized carbons (Fsp3) is 0.600. The average molecular weight is 206 g/mol. The van der Waals surface area contributed by atoms with E-state index in [9.17, 15) is 0 Å². The summed E-state index contributed by atoms with van der Waals surface area (Å²) in [6.07, 6.45) is 9.28. The van der Waals surface area contributed by atoms with Crippen molar-refractivity contribution in [3.05, 3.63) is 34.9 Å². The van der Waals surface area contributed by atoms with Crippen LogP contribution in [0.15, 0.2) is 34.9 Å². The predicted octanol–water partition coefficient (Wildman–Crippen LogP) is 5.28. The first kappa shape index (κ1) is 14.2. The number of allylic oxidation sites excluding steroid dienone is 6. The maximum atomic E-state index is 2.36. The van der Waals surface area contributed by atoms with Gasteiger partial charge >= 0.3 is 0 Å². The molecular weight excluding hydrogens is 180 g/mol. The van der Waals surface area contributed by atoms with Crippen LogP contribution in [-0.2, 0) is 0 Å². The molecule has 86 valence electrons. The van der Waals surface area contributed by atoms with Crippen LogP contribution in [0, 0.1) is 5.92 Å². The highest BCUT2D eigenvalue weighted by Crippen LogP contribution is 2.24. The largest absolute Gasteiger partial charge is 0.0775 e. The molecule has 0 aromatic carbocycles. The van der Waals surface area contributed by atoms with E-state index in [2.05, 4.69) is 45.9 Å². The molecule has 1 rings (SSSR count). The van der Waals surface area contributed by atoms with Crippen LogP contribution >= 0.6 is 0 Å². The monoisotopic (exact) mass is 206 g/mol. The van der Waals surface area contributed by atoms with Gasteiger partial charge in [-0.25, -0.2) is 0 Å². The third kappa shape index (κ3) is 4.51. The Morgan fingerprint density at radius 2 is 1.80 bits per heavy atom. The van der Waals surface area contributed by atoms with Crippen LogP contribution in [0.2, 0.25) is 0 Å². The Hall–Kier alpha value is -0.780. The smallest absolute Gasteiger partial charge is 0.0157 e. The maximum Gasteiger partial charge on any atom is -0.0157 e. The Morgan fingerprint density at radius 1 is 1.20 bits per heavy atom. The minimum absolute atomic E-state index is 0.654. The normalized spacial score (nSPS) is 15.8. The van der Waals surface area contributed by atoms with Crippen molar-refractivity contribution in [2.45, 2.75) is 54.4 Å². The van der Waals surface area contributed by atoms with Crippen LogP contribution in [-0.4, -0.2) is 0 Å². The van der Waals surface area contributed by atoms with Crippen molar-refractivity contribution < 1.29 is 0 Å². The van der Waals surface area contributed by atoms with E-state index in [4.69, 9.17) is 0 Å². The predicted molar refractivity (Wildman–Crippen MR) is 71.0 cm³/mol. The van der Waals surface area contributed by atoms with Crippen molar-refractivity contribution in [3.8, 4) is 0 Å². The van der Waals surface area contributed by atoms with Gasteiger partial charge in [0, 0.05) is 0 Å². The summed E-state index contributed by atoms with van der Waals surface area (Å²) in [7, 11) is 0. The molecule has 0 unspecified atom stereocenters. The first-order chi connectivity index (χ1) is 7.15. The zero-order valence-electron chi connectivity index (χ0n) is 11.2. The Morgan fingerprint density at radius 3 is 2.27 bits per heavy atom. The van der Waals surface area contributed by atoms with E-state index in [1.807, 2.05) is 13.8 Å². The molecule has 0 saturated heterocycles. The van der Waals surface area contributed by atoms with Gasteiger partial charge in [-0.15, -0.1) is 0 Å². The van der Waals surface area contributed by atoms with Crippen LogP contribution in [0.5, 0.6) is 0 Å². The Labute approximate surface area is 95.8 Å². The Balaban J connectivity index is 0.000000921. The summed E-state index contributed by atoms with van der Waals surface area (Å²) in [6.45, 7) is 13.0. The van der Waals surface area contributed by atoms with Gasteiger partial charge < -0.3 is 0 Å². The highest BCUT2D eigenvalue weighted by atomic mass is 14.1. The SMILES string of the molecule is CC.CCC1=CCC=C(C(C)C)C(C)=C1. The molecule has 0 saturated carbocycles. The summed E-state index contributed by atoms with van der Waals surface area (Å²) in [6, 6.07) is 0. The van der Waals surface area contributed by atoms with Crippen molar-refractivity contribution in [1.29, 1.82) is 0 Å². The molecule has 0 spiro atoms. The van der Waals surface area contributed by atoms with Gasteiger partial charge in [-0.3, -0.25) is 0 Å². The standard InChI is InChI=1S/C13H20.C2H6/c1-5-12-7-6-8-13(10(2)3)11(4)9-12;1-2/h7-10H,5-6H2,1-4H3;1-2H3. The lowest BCUT2D eigenvalue weighted by Crippen LogP contribution is -1.95. The van der Waals surface area contributed by atoms with E-state index in [1.54, 1.807) is 0 Å². The fourth-order valence-corrected chi connectivity index (χ4v) is 1.86. The first-order valence-corrected chi connectivity index (χ1v) is 6.23. The van der Waals surface area contributed by atoms with E-state index in [0.29, 0.717) is 5.92 Å². The molecular formula is C15H26. The molecule has 0 amide bonds. The van der Waals surface area contributed by atoms with E-state index in [-0.39, 0.29) is 0 Å². The topological polar surface area (TPSA) is 0 Å². The molecule has 1 aliphatic rings. The van der Waals surface area contributed by atoms with Gasteiger partial charge in [0.05, 0.1) is 0 Å². The van der Waals surface area contributed by atoms with Gasteiger partial charge in [-0.05, 0) is 36.8 Å². The molecule has 1 aliphatic carbocycles. The highest BCUT2D eigenvalue weighted by Gasteiger charge is 2.07. The number of rotatable bonds is 2. The lowest BCUT2D eigenvalue weighted by Gasteiger charge is -2.10. The summed E-state index contributed by atoms with van der Waals surface area (Å²) in [5.74, 6) is 0.654. The Bertz CT molecular complexity index is 262. The lowest BCUT2D eigenvalue weighted by molar-refractivity contribution is 0.774. The van der Waals surface area contributed by atoms with E-state index < -0.39 is 0 Å².